The second-order valence-electron chi connectivity index (χ2n) is 3.50. The first-order valence-corrected chi connectivity index (χ1v) is 6.24. The van der Waals surface area contributed by atoms with E-state index in [2.05, 4.69) is 27.6 Å². The van der Waals surface area contributed by atoms with Gasteiger partial charge in [0.25, 0.3) is 5.91 Å². The highest BCUT2D eigenvalue weighted by Gasteiger charge is 2.29. The van der Waals surface area contributed by atoms with Gasteiger partial charge in [-0.1, -0.05) is 22.6 Å². The Morgan fingerprint density at radius 2 is 2.12 bits per heavy atom. The summed E-state index contributed by atoms with van der Waals surface area (Å²) < 4.78 is 2.12. The number of aryl methyl sites for hydroxylation is 1. The number of hydrogen-bond donors (Lipinski definition) is 1. The molecule has 0 saturated carbocycles. The monoisotopic (exact) mass is 335 g/mol. The average Bonchev–Trinajstić information content (AvgIpc) is 2.26. The number of fused-ring (bicyclic) bond motifs is 1. The molecule has 1 N–H and O–H groups in total. The van der Waals surface area contributed by atoms with Gasteiger partial charge >= 0.3 is 5.56 Å². The zero-order valence-electron chi connectivity index (χ0n) is 8.60. The number of alkyl halides is 1. The number of hydrogen-bond acceptors (Lipinski definition) is 4. The van der Waals surface area contributed by atoms with E-state index in [1.807, 2.05) is 0 Å². The maximum Gasteiger partial charge on any atom is 0.315 e. The summed E-state index contributed by atoms with van der Waals surface area (Å²) in [6.07, 6.45) is 0. The minimum atomic E-state index is -0.743. The molecule has 0 bridgehead atoms. The van der Waals surface area contributed by atoms with E-state index in [9.17, 15) is 14.7 Å². The smallest absolute Gasteiger partial charge is 0.315 e. The topological polar surface area (TPSA) is 75.4 Å². The molecule has 86 valence electrons. The summed E-state index contributed by atoms with van der Waals surface area (Å²) >= 11 is 2.07. The van der Waals surface area contributed by atoms with Crippen molar-refractivity contribution in [2.45, 2.75) is 13.5 Å². The van der Waals surface area contributed by atoms with E-state index < -0.39 is 11.3 Å². The highest BCUT2D eigenvalue weighted by molar-refractivity contribution is 14.1. The molecule has 0 radical (unpaired) electrons. The van der Waals surface area contributed by atoms with Gasteiger partial charge in [0.1, 0.15) is 5.82 Å². The van der Waals surface area contributed by atoms with Crippen molar-refractivity contribution in [2.75, 3.05) is 11.1 Å². The van der Waals surface area contributed by atoms with E-state index in [0.29, 0.717) is 23.5 Å². The summed E-state index contributed by atoms with van der Waals surface area (Å²) in [5.74, 6) is -0.412. The van der Waals surface area contributed by atoms with Crippen molar-refractivity contribution in [1.82, 2.24) is 14.5 Å². The van der Waals surface area contributed by atoms with Crippen LogP contribution in [0, 0.1) is 6.92 Å². The van der Waals surface area contributed by atoms with Gasteiger partial charge in [0.2, 0.25) is 5.75 Å². The molecule has 0 atom stereocenters. The van der Waals surface area contributed by atoms with Crippen LogP contribution in [0.1, 0.15) is 16.3 Å². The Morgan fingerprint density at radius 1 is 1.44 bits per heavy atom. The largest absolute Gasteiger partial charge is 0.501 e. The standard InChI is InChI=1S/C9H10IN3O3/c1-5-11-8(15)7(14)6-9(16)12(4-10)2-3-13(5)6/h14H,2-4H2,1H3. The van der Waals surface area contributed by atoms with E-state index >= 15 is 0 Å². The molecule has 0 aromatic carbocycles. The summed E-state index contributed by atoms with van der Waals surface area (Å²) in [6.45, 7) is 2.77. The van der Waals surface area contributed by atoms with Crippen LogP contribution < -0.4 is 5.56 Å². The van der Waals surface area contributed by atoms with E-state index in [4.69, 9.17) is 0 Å². The van der Waals surface area contributed by atoms with Crippen LogP contribution in [0.5, 0.6) is 5.75 Å². The van der Waals surface area contributed by atoms with E-state index in [1.54, 1.807) is 16.4 Å². The minimum absolute atomic E-state index is 0.0559. The quantitative estimate of drug-likeness (QED) is 0.449. The van der Waals surface area contributed by atoms with Crippen LogP contribution in [0.3, 0.4) is 0 Å². The van der Waals surface area contributed by atoms with Crippen LogP contribution >= 0.6 is 22.6 Å². The second-order valence-corrected chi connectivity index (χ2v) is 4.18. The number of amides is 1. The Kier molecular flexibility index (Phi) is 2.87. The lowest BCUT2D eigenvalue weighted by Crippen LogP contribution is -2.42. The van der Waals surface area contributed by atoms with Gasteiger partial charge in [-0.05, 0) is 6.92 Å². The van der Waals surface area contributed by atoms with E-state index in [1.165, 1.54) is 0 Å². The number of carbonyl (C=O) groups excluding carboxylic acids is 1. The molecule has 1 aliphatic heterocycles. The van der Waals surface area contributed by atoms with Gasteiger partial charge in [-0.2, -0.15) is 4.98 Å². The number of rotatable bonds is 1. The lowest BCUT2D eigenvalue weighted by atomic mass is 10.2. The molecular formula is C9H10IN3O3. The van der Waals surface area contributed by atoms with Crippen molar-refractivity contribution >= 4 is 28.5 Å². The molecule has 1 aliphatic rings. The maximum atomic E-state index is 11.9. The molecular weight excluding hydrogens is 325 g/mol. The predicted molar refractivity (Wildman–Crippen MR) is 64.8 cm³/mol. The average molecular weight is 335 g/mol. The molecule has 0 fully saturated rings. The molecule has 2 heterocycles. The lowest BCUT2D eigenvalue weighted by molar-refractivity contribution is 0.0734. The van der Waals surface area contributed by atoms with Crippen LogP contribution in [0.15, 0.2) is 4.79 Å². The van der Waals surface area contributed by atoms with Gasteiger partial charge < -0.3 is 14.6 Å². The molecule has 0 spiro atoms. The van der Waals surface area contributed by atoms with Crippen molar-refractivity contribution in [3.63, 3.8) is 0 Å². The van der Waals surface area contributed by atoms with Crippen LogP contribution in [0.4, 0.5) is 0 Å². The zero-order chi connectivity index (χ0) is 11.9. The maximum absolute atomic E-state index is 11.9. The molecule has 0 saturated heterocycles. The first kappa shape index (κ1) is 11.4. The number of nitrogens with zero attached hydrogens (tertiary/aromatic N) is 3. The highest BCUT2D eigenvalue weighted by Crippen LogP contribution is 2.20. The zero-order valence-corrected chi connectivity index (χ0v) is 10.8. The third kappa shape index (κ3) is 1.58. The van der Waals surface area contributed by atoms with Crippen molar-refractivity contribution in [1.29, 1.82) is 0 Å². The van der Waals surface area contributed by atoms with Crippen molar-refractivity contribution in [3.8, 4) is 5.75 Å². The fourth-order valence-corrected chi connectivity index (χ4v) is 2.38. The Labute approximate surface area is 105 Å². The Morgan fingerprint density at radius 3 is 2.75 bits per heavy atom. The van der Waals surface area contributed by atoms with Gasteiger partial charge in [0.15, 0.2) is 5.69 Å². The number of halogens is 1. The second kappa shape index (κ2) is 4.04. The van der Waals surface area contributed by atoms with Gasteiger partial charge in [0.05, 0.1) is 4.55 Å². The Bertz CT molecular complexity index is 511. The normalized spacial score (nSPS) is 15.1. The molecule has 0 unspecified atom stereocenters. The number of aromatic nitrogens is 2. The summed E-state index contributed by atoms with van der Waals surface area (Å²) in [5.41, 5.74) is -0.687. The highest BCUT2D eigenvalue weighted by atomic mass is 127. The fraction of sp³-hybridized carbons (Fsp3) is 0.444. The van der Waals surface area contributed by atoms with Crippen molar-refractivity contribution in [3.05, 3.63) is 21.9 Å². The van der Waals surface area contributed by atoms with Crippen LogP contribution in [0.25, 0.3) is 0 Å². The van der Waals surface area contributed by atoms with Gasteiger partial charge in [-0.15, -0.1) is 0 Å². The predicted octanol–water partition coefficient (Wildman–Crippen LogP) is 0.106. The van der Waals surface area contributed by atoms with E-state index in [0.717, 1.165) is 0 Å². The van der Waals surface area contributed by atoms with E-state index in [-0.39, 0.29) is 11.6 Å². The van der Waals surface area contributed by atoms with Gasteiger partial charge in [-0.3, -0.25) is 9.59 Å². The van der Waals surface area contributed by atoms with Crippen LogP contribution in [-0.2, 0) is 6.54 Å². The summed E-state index contributed by atoms with van der Waals surface area (Å²) in [5, 5.41) is 9.61. The van der Waals surface area contributed by atoms with Crippen LogP contribution in [-0.4, -0.2) is 36.6 Å². The molecule has 2 rings (SSSR count). The summed E-state index contributed by atoms with van der Waals surface area (Å²) in [4.78, 5) is 28.5. The molecule has 1 aromatic heterocycles. The van der Waals surface area contributed by atoms with Gasteiger partial charge in [-0.25, -0.2) is 0 Å². The summed E-state index contributed by atoms with van der Waals surface area (Å²) in [6, 6.07) is 0. The lowest BCUT2D eigenvalue weighted by Gasteiger charge is -2.29. The third-order valence-corrected chi connectivity index (χ3v) is 3.40. The molecule has 6 nitrogen and oxygen atoms in total. The Hall–Kier alpha value is -1.12. The molecule has 1 amide bonds. The molecule has 16 heavy (non-hydrogen) atoms. The first-order valence-electron chi connectivity index (χ1n) is 4.72. The molecule has 0 aliphatic carbocycles. The van der Waals surface area contributed by atoms with Crippen molar-refractivity contribution < 1.29 is 9.90 Å². The fourth-order valence-electron chi connectivity index (χ4n) is 1.73. The third-order valence-electron chi connectivity index (χ3n) is 2.58. The molecule has 1 aromatic rings. The van der Waals surface area contributed by atoms with Crippen molar-refractivity contribution in [2.24, 2.45) is 0 Å². The minimum Gasteiger partial charge on any atom is -0.501 e. The first-order chi connectivity index (χ1) is 7.56. The number of carbonyl (C=O) groups is 1. The SMILES string of the molecule is Cc1nc(=O)c(O)c2n1CCN(CI)C2=O. The van der Waals surface area contributed by atoms with Crippen LogP contribution in [0.2, 0.25) is 0 Å². The van der Waals surface area contributed by atoms with Gasteiger partial charge in [0, 0.05) is 13.1 Å². The Balaban J connectivity index is 2.67. The number of aromatic hydroxyl groups is 1. The molecule has 7 heteroatoms. The summed E-state index contributed by atoms with van der Waals surface area (Å²) in [7, 11) is 0.